The molecule has 6 heteroatoms. The Morgan fingerprint density at radius 1 is 1.12 bits per heavy atom. The molecule has 126 valence electrons. The standard InChI is InChI=1S/C18H19BrClN3O/c19-16-5-6-18(24)15(11-16)12-21-23-9-7-22(8-10-23)13-14-3-1-2-4-17(14)20/h1-6,11-12,24H,7-10,13H2/b21-12-. The number of phenolic OH excluding ortho intramolecular Hbond substituents is 1. The van der Waals surface area contributed by atoms with Gasteiger partial charge >= 0.3 is 0 Å². The van der Waals surface area contributed by atoms with Gasteiger partial charge in [0.2, 0.25) is 0 Å². The van der Waals surface area contributed by atoms with Crippen LogP contribution in [0.4, 0.5) is 0 Å². The summed E-state index contributed by atoms with van der Waals surface area (Å²) < 4.78 is 0.923. The van der Waals surface area contributed by atoms with Crippen molar-refractivity contribution in [3.8, 4) is 5.75 Å². The monoisotopic (exact) mass is 407 g/mol. The second-order valence-electron chi connectivity index (χ2n) is 5.77. The van der Waals surface area contributed by atoms with Crippen molar-refractivity contribution < 1.29 is 5.11 Å². The number of phenols is 1. The third-order valence-electron chi connectivity index (χ3n) is 4.05. The summed E-state index contributed by atoms with van der Waals surface area (Å²) in [5.41, 5.74) is 1.87. The third kappa shape index (κ3) is 4.50. The largest absolute Gasteiger partial charge is 0.507 e. The molecule has 1 fully saturated rings. The van der Waals surface area contributed by atoms with Gasteiger partial charge in [0.1, 0.15) is 5.75 Å². The molecule has 0 bridgehead atoms. The van der Waals surface area contributed by atoms with Gasteiger partial charge in [-0.3, -0.25) is 9.91 Å². The molecule has 0 saturated carbocycles. The highest BCUT2D eigenvalue weighted by molar-refractivity contribution is 9.10. The van der Waals surface area contributed by atoms with Crippen molar-refractivity contribution in [1.29, 1.82) is 0 Å². The first-order chi connectivity index (χ1) is 11.6. The van der Waals surface area contributed by atoms with E-state index in [0.717, 1.165) is 47.8 Å². The first-order valence-electron chi connectivity index (χ1n) is 7.85. The summed E-state index contributed by atoms with van der Waals surface area (Å²) in [4.78, 5) is 2.38. The maximum Gasteiger partial charge on any atom is 0.124 e. The van der Waals surface area contributed by atoms with Gasteiger partial charge in [-0.1, -0.05) is 45.7 Å². The Morgan fingerprint density at radius 2 is 1.88 bits per heavy atom. The minimum Gasteiger partial charge on any atom is -0.507 e. The van der Waals surface area contributed by atoms with Gasteiger partial charge in [-0.05, 0) is 29.8 Å². The number of hydrazone groups is 1. The predicted octanol–water partition coefficient (Wildman–Crippen LogP) is 3.96. The van der Waals surface area contributed by atoms with Crippen LogP contribution in [-0.4, -0.2) is 47.4 Å². The molecule has 0 unspecified atom stereocenters. The summed E-state index contributed by atoms with van der Waals surface area (Å²) in [7, 11) is 0. The Hall–Kier alpha value is -1.56. The van der Waals surface area contributed by atoms with E-state index in [9.17, 15) is 5.11 Å². The fourth-order valence-electron chi connectivity index (χ4n) is 2.65. The maximum absolute atomic E-state index is 9.85. The lowest BCUT2D eigenvalue weighted by Gasteiger charge is -2.33. The molecule has 24 heavy (non-hydrogen) atoms. The number of benzene rings is 2. The van der Waals surface area contributed by atoms with Crippen LogP contribution in [0, 0.1) is 0 Å². The first-order valence-corrected chi connectivity index (χ1v) is 9.02. The molecule has 0 aromatic heterocycles. The zero-order valence-corrected chi connectivity index (χ0v) is 15.5. The SMILES string of the molecule is Oc1ccc(Br)cc1/C=N\N1CCN(Cc2ccccc2Cl)CC1. The molecule has 2 aromatic rings. The van der Waals surface area contributed by atoms with Crippen LogP contribution >= 0.6 is 27.5 Å². The van der Waals surface area contributed by atoms with Gasteiger partial charge < -0.3 is 5.11 Å². The van der Waals surface area contributed by atoms with E-state index < -0.39 is 0 Å². The Morgan fingerprint density at radius 3 is 2.62 bits per heavy atom. The van der Waals surface area contributed by atoms with Crippen molar-refractivity contribution in [2.75, 3.05) is 26.2 Å². The number of hydrogen-bond donors (Lipinski definition) is 1. The summed E-state index contributed by atoms with van der Waals surface area (Å²) >= 11 is 9.63. The molecule has 3 rings (SSSR count). The van der Waals surface area contributed by atoms with Crippen molar-refractivity contribution in [2.45, 2.75) is 6.54 Å². The van der Waals surface area contributed by atoms with Gasteiger partial charge in [0.15, 0.2) is 0 Å². The van der Waals surface area contributed by atoms with Gasteiger partial charge in [0.25, 0.3) is 0 Å². The molecule has 1 saturated heterocycles. The molecule has 2 aromatic carbocycles. The van der Waals surface area contributed by atoms with Crippen LogP contribution in [0.25, 0.3) is 0 Å². The lowest BCUT2D eigenvalue weighted by Crippen LogP contribution is -2.43. The lowest BCUT2D eigenvalue weighted by atomic mass is 10.2. The van der Waals surface area contributed by atoms with Crippen LogP contribution in [-0.2, 0) is 6.54 Å². The number of piperazine rings is 1. The minimum absolute atomic E-state index is 0.235. The molecule has 0 amide bonds. The fraction of sp³-hybridized carbons (Fsp3) is 0.278. The zero-order chi connectivity index (χ0) is 16.9. The highest BCUT2D eigenvalue weighted by Crippen LogP contribution is 2.21. The molecule has 0 aliphatic carbocycles. The van der Waals surface area contributed by atoms with E-state index in [1.54, 1.807) is 18.3 Å². The second-order valence-corrected chi connectivity index (χ2v) is 7.09. The Bertz CT molecular complexity index is 730. The summed E-state index contributed by atoms with van der Waals surface area (Å²) in [6.45, 7) is 4.45. The highest BCUT2D eigenvalue weighted by atomic mass is 79.9. The van der Waals surface area contributed by atoms with Gasteiger partial charge in [-0.25, -0.2) is 0 Å². The summed E-state index contributed by atoms with van der Waals surface area (Å²) in [5.74, 6) is 0.235. The predicted molar refractivity (Wildman–Crippen MR) is 102 cm³/mol. The molecular formula is C18H19BrClN3O. The number of hydrogen-bond acceptors (Lipinski definition) is 4. The van der Waals surface area contributed by atoms with Crippen LogP contribution in [0.5, 0.6) is 5.75 Å². The first kappa shape index (κ1) is 17.3. The quantitative estimate of drug-likeness (QED) is 0.778. The van der Waals surface area contributed by atoms with Gasteiger partial charge in [0, 0.05) is 47.8 Å². The van der Waals surface area contributed by atoms with E-state index in [1.165, 1.54) is 0 Å². The van der Waals surface area contributed by atoms with Gasteiger partial charge in [-0.2, -0.15) is 5.10 Å². The number of rotatable bonds is 4. The van der Waals surface area contributed by atoms with E-state index >= 15 is 0 Å². The van der Waals surface area contributed by atoms with E-state index in [2.05, 4.69) is 32.0 Å². The van der Waals surface area contributed by atoms with Crippen LogP contribution < -0.4 is 0 Å². The highest BCUT2D eigenvalue weighted by Gasteiger charge is 2.16. The van der Waals surface area contributed by atoms with Gasteiger partial charge in [-0.15, -0.1) is 0 Å². The van der Waals surface area contributed by atoms with E-state index in [4.69, 9.17) is 11.6 Å². The molecule has 4 nitrogen and oxygen atoms in total. The molecule has 1 aliphatic heterocycles. The lowest BCUT2D eigenvalue weighted by molar-refractivity contribution is 0.131. The third-order valence-corrected chi connectivity index (χ3v) is 4.91. The van der Waals surface area contributed by atoms with Crippen molar-refractivity contribution in [2.24, 2.45) is 5.10 Å². The summed E-state index contributed by atoms with van der Waals surface area (Å²) in [6, 6.07) is 13.3. The van der Waals surface area contributed by atoms with E-state index in [0.29, 0.717) is 5.56 Å². The van der Waals surface area contributed by atoms with E-state index in [-0.39, 0.29) is 5.75 Å². The maximum atomic E-state index is 9.85. The van der Waals surface area contributed by atoms with E-state index in [1.807, 2.05) is 29.3 Å². The Labute approximate surface area is 155 Å². The van der Waals surface area contributed by atoms with Gasteiger partial charge in [0.05, 0.1) is 6.21 Å². The number of nitrogens with zero attached hydrogens (tertiary/aromatic N) is 3. The molecule has 1 N–H and O–H groups in total. The molecule has 0 atom stereocenters. The Kier molecular flexibility index (Phi) is 5.76. The summed E-state index contributed by atoms with van der Waals surface area (Å²) in [6.07, 6.45) is 1.71. The normalized spacial score (nSPS) is 16.0. The van der Waals surface area contributed by atoms with Crippen LogP contribution in [0.15, 0.2) is 52.0 Å². The fourth-order valence-corrected chi connectivity index (χ4v) is 3.23. The second kappa shape index (κ2) is 8.01. The topological polar surface area (TPSA) is 39.1 Å². The molecule has 1 aliphatic rings. The smallest absolute Gasteiger partial charge is 0.124 e. The van der Waals surface area contributed by atoms with Crippen LogP contribution in [0.3, 0.4) is 0 Å². The number of halogens is 2. The summed E-state index contributed by atoms with van der Waals surface area (Å²) in [5, 5.41) is 17.2. The molecular weight excluding hydrogens is 390 g/mol. The van der Waals surface area contributed by atoms with Crippen LogP contribution in [0.1, 0.15) is 11.1 Å². The van der Waals surface area contributed by atoms with Crippen molar-refractivity contribution >= 4 is 33.7 Å². The zero-order valence-electron chi connectivity index (χ0n) is 13.2. The van der Waals surface area contributed by atoms with Crippen molar-refractivity contribution in [3.63, 3.8) is 0 Å². The Balaban J connectivity index is 1.54. The molecule has 0 spiro atoms. The molecule has 0 radical (unpaired) electrons. The van der Waals surface area contributed by atoms with Crippen LogP contribution in [0.2, 0.25) is 5.02 Å². The van der Waals surface area contributed by atoms with Crippen molar-refractivity contribution in [1.82, 2.24) is 9.91 Å². The number of aromatic hydroxyl groups is 1. The van der Waals surface area contributed by atoms with Crippen molar-refractivity contribution in [3.05, 3.63) is 63.1 Å². The average Bonchev–Trinajstić information content (AvgIpc) is 2.59. The minimum atomic E-state index is 0.235. The average molecular weight is 409 g/mol. The molecule has 1 heterocycles.